The van der Waals surface area contributed by atoms with Crippen LogP contribution in [-0.2, 0) is 23.9 Å². The van der Waals surface area contributed by atoms with E-state index < -0.39 is 35.8 Å². The first kappa shape index (κ1) is 48.1. The molecule has 0 bridgehead atoms. The van der Waals surface area contributed by atoms with Crippen LogP contribution in [0.15, 0.2) is 67.1 Å². The summed E-state index contributed by atoms with van der Waals surface area (Å²) in [6.07, 6.45) is 14.7. The van der Waals surface area contributed by atoms with Crippen molar-refractivity contribution < 1.29 is 38.3 Å². The SMILES string of the molecule is CC(OCCNc1cccc2c1C(=O)N(C1CCC(=O)NC1=O)C2=O)C(=O)C1CN(C2CCN(c3ccc(C(=O)N4CCC(CCCCNC(=O)/C=C/c5cccnc5)CC4)cn3)CC2)CCN1. The molecule has 0 saturated carbocycles. The maximum Gasteiger partial charge on any atom is 0.264 e. The summed E-state index contributed by atoms with van der Waals surface area (Å²) >= 11 is 0. The third kappa shape index (κ3) is 11.7. The van der Waals surface area contributed by atoms with Gasteiger partial charge < -0.3 is 30.5 Å². The average Bonchev–Trinajstić information content (AvgIpc) is 3.63. The molecule has 0 radical (unpaired) electrons. The van der Waals surface area contributed by atoms with Crippen LogP contribution in [0.2, 0.25) is 0 Å². The number of carbonyl (C=O) groups excluding carboxylic acids is 7. The van der Waals surface area contributed by atoms with E-state index in [0.29, 0.717) is 42.8 Å². The normalized spacial score (nSPS) is 21.2. The number of ketones is 1. The zero-order valence-corrected chi connectivity index (χ0v) is 38.7. The number of imide groups is 2. The van der Waals surface area contributed by atoms with Gasteiger partial charge in [-0.15, -0.1) is 0 Å². The van der Waals surface area contributed by atoms with E-state index in [9.17, 15) is 33.6 Å². The molecule has 6 amide bonds. The van der Waals surface area contributed by atoms with E-state index in [2.05, 4.69) is 36.1 Å². The lowest BCUT2D eigenvalue weighted by Crippen LogP contribution is -2.59. The van der Waals surface area contributed by atoms with Gasteiger partial charge in [0.2, 0.25) is 17.7 Å². The fourth-order valence-electron chi connectivity index (χ4n) is 9.99. The topological polar surface area (TPSA) is 216 Å². The van der Waals surface area contributed by atoms with E-state index in [1.807, 2.05) is 29.2 Å². The van der Waals surface area contributed by atoms with Gasteiger partial charge in [-0.25, -0.2) is 4.98 Å². The number of rotatable bonds is 18. The molecule has 18 heteroatoms. The highest BCUT2D eigenvalue weighted by molar-refractivity contribution is 6.25. The molecule has 3 atom stereocenters. The van der Waals surface area contributed by atoms with Gasteiger partial charge in [-0.2, -0.15) is 0 Å². The zero-order chi connectivity index (χ0) is 47.6. The largest absolute Gasteiger partial charge is 0.382 e. The number of Topliss-reactive ketones (excluding diaryl/α,β-unsaturated/α-hetero) is 1. The van der Waals surface area contributed by atoms with Gasteiger partial charge >= 0.3 is 0 Å². The van der Waals surface area contributed by atoms with Crippen molar-refractivity contribution in [1.29, 1.82) is 0 Å². The van der Waals surface area contributed by atoms with Crippen LogP contribution in [0.25, 0.3) is 6.08 Å². The summed E-state index contributed by atoms with van der Waals surface area (Å²) in [7, 11) is 0. The second kappa shape index (κ2) is 22.6. The summed E-state index contributed by atoms with van der Waals surface area (Å²) < 4.78 is 5.96. The highest BCUT2D eigenvalue weighted by atomic mass is 16.5. The predicted molar refractivity (Wildman–Crippen MR) is 254 cm³/mol. The van der Waals surface area contributed by atoms with Gasteiger partial charge in [-0.1, -0.05) is 25.0 Å². The van der Waals surface area contributed by atoms with Crippen molar-refractivity contribution >= 4 is 58.8 Å². The van der Waals surface area contributed by atoms with Crippen LogP contribution in [0.5, 0.6) is 0 Å². The van der Waals surface area contributed by atoms with Gasteiger partial charge in [0.05, 0.1) is 29.3 Å². The fraction of sp³-hybridized carbons (Fsp3) is 0.500. The number of nitrogens with one attached hydrogen (secondary N) is 4. The number of amides is 6. The first-order chi connectivity index (χ1) is 33.0. The van der Waals surface area contributed by atoms with Crippen LogP contribution in [0, 0.1) is 5.92 Å². The van der Waals surface area contributed by atoms with Crippen LogP contribution in [0.1, 0.15) is 101 Å². The molecule has 0 aliphatic carbocycles. The molecule has 4 saturated heterocycles. The number of aromatic nitrogens is 2. The molecule has 68 heavy (non-hydrogen) atoms. The Bertz CT molecular complexity index is 2350. The number of likely N-dealkylation sites (tertiary alicyclic amines) is 1. The van der Waals surface area contributed by atoms with Crippen molar-refractivity contribution in [3.63, 3.8) is 0 Å². The smallest absolute Gasteiger partial charge is 0.264 e. The lowest BCUT2D eigenvalue weighted by atomic mass is 9.91. The Balaban J connectivity index is 0.711. The molecular formula is C50H62N10O8. The molecule has 3 aromatic rings. The summed E-state index contributed by atoms with van der Waals surface area (Å²) in [4.78, 5) is 106. The predicted octanol–water partition coefficient (Wildman–Crippen LogP) is 3.06. The second-order valence-corrected chi connectivity index (χ2v) is 18.3. The van der Waals surface area contributed by atoms with Crippen molar-refractivity contribution in [1.82, 2.24) is 40.6 Å². The number of fused-ring (bicyclic) bond motifs is 1. The Morgan fingerprint density at radius 2 is 1.72 bits per heavy atom. The molecule has 5 aliphatic rings. The van der Waals surface area contributed by atoms with Gasteiger partial charge in [-0.3, -0.25) is 53.7 Å². The number of pyridine rings is 2. The van der Waals surface area contributed by atoms with E-state index in [1.165, 1.54) is 6.08 Å². The molecule has 18 nitrogen and oxygen atoms in total. The first-order valence-electron chi connectivity index (χ1n) is 24.1. The highest BCUT2D eigenvalue weighted by Crippen LogP contribution is 2.33. The average molecular weight is 931 g/mol. The Hall–Kier alpha value is -6.37. The monoisotopic (exact) mass is 930 g/mol. The molecule has 1 aromatic carbocycles. The lowest BCUT2D eigenvalue weighted by Gasteiger charge is -2.42. The number of piperidine rings is 3. The van der Waals surface area contributed by atoms with Crippen molar-refractivity contribution in [2.75, 3.05) is 75.7 Å². The molecular weight excluding hydrogens is 869 g/mol. The number of benzene rings is 1. The van der Waals surface area contributed by atoms with Crippen molar-refractivity contribution in [3.05, 3.63) is 89.4 Å². The standard InChI is InChI=1S/C50H62N10O8/c1-33(68-29-23-53-39-9-4-8-38-45(39)50(67)60(49(38)66)41-12-15-44(62)56-47(41)64)46(63)40-32-59(28-22-52-40)37-18-26-57(27-19-37)42-13-11-36(31-55-42)48(65)58-24-16-34(17-25-58)6-2-3-21-54-43(61)14-10-35-7-5-20-51-30-35/h4-5,7-11,13-14,20,30-31,33-34,37,40-41,52-53H,2-3,6,12,15-19,21-29,32H2,1H3,(H,54,61)(H,56,62,64)/b14-10+. The van der Waals surface area contributed by atoms with E-state index in [-0.39, 0.29) is 60.8 Å². The van der Waals surface area contributed by atoms with Crippen LogP contribution >= 0.6 is 0 Å². The van der Waals surface area contributed by atoms with Crippen molar-refractivity contribution in [2.45, 2.75) is 88.9 Å². The van der Waals surface area contributed by atoms with Gasteiger partial charge in [0.1, 0.15) is 18.0 Å². The van der Waals surface area contributed by atoms with Crippen molar-refractivity contribution in [3.8, 4) is 0 Å². The number of unbranched alkanes of at least 4 members (excludes halogenated alkanes) is 1. The van der Waals surface area contributed by atoms with Crippen LogP contribution < -0.4 is 26.2 Å². The maximum atomic E-state index is 13.6. The third-order valence-electron chi connectivity index (χ3n) is 13.9. The molecule has 8 rings (SSSR count). The highest BCUT2D eigenvalue weighted by Gasteiger charge is 2.45. The van der Waals surface area contributed by atoms with E-state index >= 15 is 0 Å². The summed E-state index contributed by atoms with van der Waals surface area (Å²) in [6.45, 7) is 8.06. The van der Waals surface area contributed by atoms with Gasteiger partial charge in [0.25, 0.3) is 17.7 Å². The quantitative estimate of drug-likeness (QED) is 0.0820. The molecule has 5 aliphatic heterocycles. The van der Waals surface area contributed by atoms with Crippen LogP contribution in [0.4, 0.5) is 11.5 Å². The number of hydrogen-bond acceptors (Lipinski definition) is 14. The summed E-state index contributed by atoms with van der Waals surface area (Å²) in [5, 5.41) is 11.7. The molecule has 7 heterocycles. The Kier molecular flexibility index (Phi) is 16.0. The Morgan fingerprint density at radius 1 is 0.897 bits per heavy atom. The number of anilines is 2. The first-order valence-corrected chi connectivity index (χ1v) is 24.1. The lowest BCUT2D eigenvalue weighted by molar-refractivity contribution is -0.136. The molecule has 2 aromatic heterocycles. The maximum absolute atomic E-state index is 13.6. The molecule has 4 N–H and O–H groups in total. The number of piperazine rings is 1. The summed E-state index contributed by atoms with van der Waals surface area (Å²) in [5.41, 5.74) is 2.28. The minimum atomic E-state index is -1.05. The molecule has 3 unspecified atom stereocenters. The minimum Gasteiger partial charge on any atom is -0.382 e. The minimum absolute atomic E-state index is 0.0237. The molecule has 4 fully saturated rings. The number of ether oxygens (including phenoxy) is 1. The van der Waals surface area contributed by atoms with E-state index in [4.69, 9.17) is 9.72 Å². The van der Waals surface area contributed by atoms with Crippen molar-refractivity contribution in [2.24, 2.45) is 5.92 Å². The van der Waals surface area contributed by atoms with Gasteiger partial charge in [0, 0.05) is 102 Å². The molecule has 360 valence electrons. The number of nitrogens with zero attached hydrogens (tertiary/aromatic N) is 6. The summed E-state index contributed by atoms with van der Waals surface area (Å²) in [6, 6.07) is 11.4. The van der Waals surface area contributed by atoms with Crippen LogP contribution in [-0.4, -0.2) is 156 Å². The Morgan fingerprint density at radius 3 is 2.47 bits per heavy atom. The fourth-order valence-corrected chi connectivity index (χ4v) is 9.99. The van der Waals surface area contributed by atoms with E-state index in [1.54, 1.807) is 49.8 Å². The van der Waals surface area contributed by atoms with Gasteiger partial charge in [0.15, 0.2) is 5.78 Å². The van der Waals surface area contributed by atoms with Crippen LogP contribution in [0.3, 0.4) is 0 Å². The summed E-state index contributed by atoms with van der Waals surface area (Å²) in [5.74, 6) is -0.935. The zero-order valence-electron chi connectivity index (χ0n) is 38.7. The number of carbonyl (C=O) groups is 7. The molecule has 0 spiro atoms. The third-order valence-corrected chi connectivity index (χ3v) is 13.9. The Labute approximate surface area is 396 Å². The second-order valence-electron chi connectivity index (χ2n) is 18.3. The van der Waals surface area contributed by atoms with E-state index in [0.717, 1.165) is 94.0 Å². The van der Waals surface area contributed by atoms with Gasteiger partial charge in [-0.05, 0) is 93.3 Å². The number of hydrogen-bond donors (Lipinski definition) is 4.